The molecule has 3 saturated heterocycles. The lowest BCUT2D eigenvalue weighted by molar-refractivity contribution is -0.158. The highest BCUT2D eigenvalue weighted by molar-refractivity contribution is 6.05. The van der Waals surface area contributed by atoms with Gasteiger partial charge in [-0.1, -0.05) is 0 Å². The lowest BCUT2D eigenvalue weighted by Crippen LogP contribution is -2.52. The van der Waals surface area contributed by atoms with E-state index < -0.39 is 53.2 Å². The van der Waals surface area contributed by atoms with E-state index in [0.29, 0.717) is 55.7 Å². The van der Waals surface area contributed by atoms with Crippen LogP contribution in [0.25, 0.3) is 11.0 Å². The molecule has 19 heteroatoms. The first kappa shape index (κ1) is 40.0. The van der Waals surface area contributed by atoms with Crippen LogP contribution in [0.4, 0.5) is 44.1 Å². The molecule has 1 unspecified atom stereocenters. The zero-order valence-electron chi connectivity index (χ0n) is 32.2. The summed E-state index contributed by atoms with van der Waals surface area (Å²) in [5.41, 5.74) is 1.85. The molecule has 8 rings (SSSR count). The van der Waals surface area contributed by atoms with Gasteiger partial charge in [-0.25, -0.2) is 23.5 Å². The molecule has 0 saturated carbocycles. The minimum absolute atomic E-state index is 0.0464. The molecule has 4 aliphatic heterocycles. The highest BCUT2D eigenvalue weighted by atomic mass is 19.4. The second-order valence-electron chi connectivity index (χ2n) is 15.5. The van der Waals surface area contributed by atoms with E-state index in [4.69, 9.17) is 4.42 Å². The third-order valence-corrected chi connectivity index (χ3v) is 12.0. The van der Waals surface area contributed by atoms with Crippen molar-refractivity contribution >= 4 is 52.0 Å². The molecular formula is C40H42F5N9O5. The van der Waals surface area contributed by atoms with Crippen molar-refractivity contribution in [1.29, 1.82) is 0 Å². The Labute approximate surface area is 335 Å². The maximum absolute atomic E-state index is 14.2. The van der Waals surface area contributed by atoms with E-state index in [9.17, 15) is 41.1 Å². The maximum Gasteiger partial charge on any atom is 0.416 e. The fraction of sp³-hybridized carbons (Fsp3) is 0.450. The van der Waals surface area contributed by atoms with Gasteiger partial charge in [0.2, 0.25) is 17.8 Å². The van der Waals surface area contributed by atoms with E-state index in [1.165, 1.54) is 19.3 Å². The lowest BCUT2D eigenvalue weighted by atomic mass is 9.96. The van der Waals surface area contributed by atoms with E-state index >= 15 is 0 Å². The van der Waals surface area contributed by atoms with E-state index in [0.717, 1.165) is 56.1 Å². The number of imide groups is 1. The Morgan fingerprint density at radius 2 is 1.61 bits per heavy atom. The third-order valence-electron chi connectivity index (χ3n) is 12.0. The first-order chi connectivity index (χ1) is 28.1. The number of carbonyl (C=O) groups is 4. The number of carbonyl (C=O) groups excluding carboxylic acids is 4. The van der Waals surface area contributed by atoms with Gasteiger partial charge in [0.15, 0.2) is 17.4 Å². The summed E-state index contributed by atoms with van der Waals surface area (Å²) >= 11 is 0. The summed E-state index contributed by atoms with van der Waals surface area (Å²) in [4.78, 5) is 67.0. The molecule has 0 aliphatic carbocycles. The standard InChI is InChI=1S/C40H42F5N9O5/c1-21-29-16-23(41)17-30(42)34(29)59-33(21)35(40(43,44)45)50-39(58)48-24-18-46-38(47-19-24)53-13-9-26(10-14-53)51(2)25-7-11-52(12-8-25)27-3-4-28-22(15-27)20-54(37(28)57)31-5-6-32(55)49-36(31)56/h3-4,15-19,25-26,31,35H,5-14,20H2,1-2H3,(H2,48,50,58)(H,49,55,56)/t31?,35-/m1/s1. The summed E-state index contributed by atoms with van der Waals surface area (Å²) in [6.45, 7) is 4.62. The van der Waals surface area contributed by atoms with Crippen molar-refractivity contribution in [2.45, 2.75) is 82.3 Å². The zero-order valence-corrected chi connectivity index (χ0v) is 32.2. The van der Waals surface area contributed by atoms with Crippen molar-refractivity contribution in [3.63, 3.8) is 0 Å². The molecule has 4 aliphatic rings. The minimum Gasteiger partial charge on any atom is -0.455 e. The molecule has 3 N–H and O–H groups in total. The van der Waals surface area contributed by atoms with Crippen LogP contribution < -0.4 is 25.8 Å². The molecule has 0 bridgehead atoms. The van der Waals surface area contributed by atoms with Crippen molar-refractivity contribution in [3.05, 3.63) is 76.8 Å². The Kier molecular flexibility index (Phi) is 10.6. The minimum atomic E-state index is -5.03. The fourth-order valence-electron chi connectivity index (χ4n) is 8.74. The number of halogens is 5. The molecule has 0 spiro atoms. The van der Waals surface area contributed by atoms with Gasteiger partial charge in [-0.15, -0.1) is 0 Å². The number of hydrogen-bond acceptors (Lipinski definition) is 10. The number of anilines is 3. The topological polar surface area (TPSA) is 156 Å². The van der Waals surface area contributed by atoms with Crippen molar-refractivity contribution in [1.82, 2.24) is 30.4 Å². The largest absolute Gasteiger partial charge is 0.455 e. The van der Waals surface area contributed by atoms with Crippen molar-refractivity contribution < 1.29 is 45.5 Å². The molecule has 3 fully saturated rings. The molecule has 0 radical (unpaired) electrons. The number of rotatable bonds is 8. The summed E-state index contributed by atoms with van der Waals surface area (Å²) in [6, 6.07) is 3.40. The molecule has 2 atom stereocenters. The number of nitrogens with one attached hydrogen (secondary N) is 3. The Balaban J connectivity index is 0.809. The number of nitrogens with zero attached hydrogens (tertiary/aromatic N) is 6. The molecule has 14 nitrogen and oxygen atoms in total. The first-order valence-electron chi connectivity index (χ1n) is 19.5. The number of aromatic nitrogens is 2. The second kappa shape index (κ2) is 15.7. The highest BCUT2D eigenvalue weighted by Gasteiger charge is 2.46. The van der Waals surface area contributed by atoms with Gasteiger partial charge < -0.3 is 34.7 Å². The summed E-state index contributed by atoms with van der Waals surface area (Å²) in [6.07, 6.45) is 1.75. The number of piperidine rings is 3. The van der Waals surface area contributed by atoms with Crippen LogP contribution in [0, 0.1) is 18.6 Å². The predicted octanol–water partition coefficient (Wildman–Crippen LogP) is 5.57. The molecule has 6 heterocycles. The average molecular weight is 824 g/mol. The summed E-state index contributed by atoms with van der Waals surface area (Å²) in [5, 5.41) is 6.29. The smallest absolute Gasteiger partial charge is 0.416 e. The van der Waals surface area contributed by atoms with Crippen molar-refractivity contribution in [2.75, 3.05) is 48.3 Å². The van der Waals surface area contributed by atoms with Crippen molar-refractivity contribution in [3.8, 4) is 0 Å². The van der Waals surface area contributed by atoms with Gasteiger partial charge in [-0.2, -0.15) is 13.2 Å². The van der Waals surface area contributed by atoms with Crippen LogP contribution in [0.15, 0.2) is 47.1 Å². The van der Waals surface area contributed by atoms with Crippen LogP contribution >= 0.6 is 0 Å². The van der Waals surface area contributed by atoms with Gasteiger partial charge in [0.1, 0.15) is 17.6 Å². The van der Waals surface area contributed by atoms with E-state index in [2.05, 4.69) is 37.4 Å². The number of hydrogen-bond donors (Lipinski definition) is 3. The third kappa shape index (κ3) is 7.99. The number of furan rings is 1. The first-order valence-corrected chi connectivity index (χ1v) is 19.5. The fourth-order valence-corrected chi connectivity index (χ4v) is 8.74. The van der Waals surface area contributed by atoms with Crippen LogP contribution in [-0.2, 0) is 16.1 Å². The monoisotopic (exact) mass is 823 g/mol. The molecule has 4 aromatic rings. The van der Waals surface area contributed by atoms with Gasteiger partial charge in [0.25, 0.3) is 5.91 Å². The molecule has 312 valence electrons. The number of fused-ring (bicyclic) bond motifs is 2. The number of amides is 5. The lowest BCUT2D eigenvalue weighted by Gasteiger charge is -2.43. The van der Waals surface area contributed by atoms with Gasteiger partial charge in [-0.05, 0) is 75.9 Å². The zero-order chi connectivity index (χ0) is 41.7. The quantitative estimate of drug-likeness (QED) is 0.152. The Bertz CT molecular complexity index is 2290. The number of benzene rings is 2. The number of alkyl halides is 3. The van der Waals surface area contributed by atoms with E-state index in [-0.39, 0.29) is 34.9 Å². The number of urea groups is 1. The normalized spacial score (nSPS) is 20.0. The number of aryl methyl sites for hydroxylation is 1. The summed E-state index contributed by atoms with van der Waals surface area (Å²) in [7, 11) is 2.16. The van der Waals surface area contributed by atoms with Gasteiger partial charge in [0.05, 0.1) is 18.1 Å². The summed E-state index contributed by atoms with van der Waals surface area (Å²) < 4.78 is 75.5. The van der Waals surface area contributed by atoms with E-state index in [1.807, 2.05) is 28.4 Å². The van der Waals surface area contributed by atoms with Gasteiger partial charge in [-0.3, -0.25) is 19.7 Å². The average Bonchev–Trinajstić information content (AvgIpc) is 3.71. The van der Waals surface area contributed by atoms with Crippen molar-refractivity contribution in [2.24, 2.45) is 0 Å². The molecule has 5 amide bonds. The SMILES string of the molecule is Cc1c([C@@H](NC(=O)Nc2cnc(N3CCC(N(C)C4CCN(c5ccc6c(c5)CN(C5CCC(=O)NC5=O)C6=O)CC4)CC3)nc2)C(F)(F)F)oc2c(F)cc(F)cc12. The Morgan fingerprint density at radius 3 is 2.25 bits per heavy atom. The molecule has 59 heavy (non-hydrogen) atoms. The molecular weight excluding hydrogens is 781 g/mol. The van der Waals surface area contributed by atoms with Crippen LogP contribution in [-0.4, -0.2) is 101 Å². The van der Waals surface area contributed by atoms with Gasteiger partial charge in [0, 0.05) is 79.5 Å². The van der Waals surface area contributed by atoms with Crippen LogP contribution in [0.5, 0.6) is 0 Å². The highest BCUT2D eigenvalue weighted by Crippen LogP contribution is 2.40. The maximum atomic E-state index is 14.2. The Hall–Kier alpha value is -5.85. The molecule has 2 aromatic carbocycles. The Morgan fingerprint density at radius 1 is 0.949 bits per heavy atom. The predicted molar refractivity (Wildman–Crippen MR) is 205 cm³/mol. The summed E-state index contributed by atoms with van der Waals surface area (Å²) in [5.74, 6) is -3.42. The van der Waals surface area contributed by atoms with Crippen LogP contribution in [0.3, 0.4) is 0 Å². The van der Waals surface area contributed by atoms with Crippen LogP contribution in [0.2, 0.25) is 0 Å². The molecule has 2 aromatic heterocycles. The van der Waals surface area contributed by atoms with Gasteiger partial charge >= 0.3 is 12.2 Å². The van der Waals surface area contributed by atoms with E-state index in [1.54, 1.807) is 4.90 Å². The second-order valence-corrected chi connectivity index (χ2v) is 15.5. The van der Waals surface area contributed by atoms with Crippen LogP contribution in [0.1, 0.15) is 71.8 Å².